The number of nitrogens with zero attached hydrogens (tertiary/aromatic N) is 3. The molecule has 0 fully saturated rings. The highest BCUT2D eigenvalue weighted by Crippen LogP contribution is 2.24. The molecule has 0 amide bonds. The van der Waals surface area contributed by atoms with E-state index in [1.807, 2.05) is 37.3 Å². The Morgan fingerprint density at radius 2 is 1.52 bits per heavy atom. The Hall–Kier alpha value is -2.36. The van der Waals surface area contributed by atoms with Crippen LogP contribution in [0, 0.1) is 6.92 Å². The van der Waals surface area contributed by atoms with Crippen molar-refractivity contribution in [3.63, 3.8) is 0 Å². The van der Waals surface area contributed by atoms with Gasteiger partial charge in [-0.15, -0.1) is 15.0 Å². The summed E-state index contributed by atoms with van der Waals surface area (Å²) in [5.41, 5.74) is 4.73. The summed E-state index contributed by atoms with van der Waals surface area (Å²) < 4.78 is 0. The second kappa shape index (κ2) is 9.54. The van der Waals surface area contributed by atoms with E-state index < -0.39 is 0 Å². The molecular weight excluding hydrogens is 334 g/mol. The largest absolute Gasteiger partial charge is 0.506 e. The van der Waals surface area contributed by atoms with Crippen LogP contribution in [0.1, 0.15) is 69.4 Å². The smallest absolute Gasteiger partial charge is 0.143 e. The Morgan fingerprint density at radius 1 is 0.815 bits per heavy atom. The van der Waals surface area contributed by atoms with Gasteiger partial charge in [-0.3, -0.25) is 0 Å². The molecule has 4 nitrogen and oxygen atoms in total. The summed E-state index contributed by atoms with van der Waals surface area (Å²) in [4.78, 5) is 1.55. The normalized spacial score (nSPS) is 11.3. The molecule has 0 saturated heterocycles. The van der Waals surface area contributed by atoms with Gasteiger partial charge in [-0.25, -0.2) is 0 Å². The van der Waals surface area contributed by atoms with Gasteiger partial charge in [-0.05, 0) is 55.2 Å². The highest BCUT2D eigenvalue weighted by Gasteiger charge is 2.10. The van der Waals surface area contributed by atoms with E-state index in [2.05, 4.69) is 17.1 Å². The van der Waals surface area contributed by atoms with Crippen LogP contribution in [0.5, 0.6) is 5.75 Å². The van der Waals surface area contributed by atoms with E-state index in [9.17, 15) is 5.11 Å². The quantitative estimate of drug-likeness (QED) is 0.440. The lowest BCUT2D eigenvalue weighted by atomic mass is 10.0. The molecule has 2 aromatic carbocycles. The zero-order valence-electron chi connectivity index (χ0n) is 16.6. The fourth-order valence-corrected chi connectivity index (χ4v) is 3.48. The maximum absolute atomic E-state index is 10.3. The summed E-state index contributed by atoms with van der Waals surface area (Å²) in [7, 11) is 0. The number of aromatic hydroxyl groups is 1. The molecule has 0 unspecified atom stereocenters. The number of rotatable bonds is 10. The number of aryl methyl sites for hydroxylation is 2. The molecule has 3 rings (SSSR count). The highest BCUT2D eigenvalue weighted by atomic mass is 16.3. The van der Waals surface area contributed by atoms with Gasteiger partial charge in [0.25, 0.3) is 0 Å². The third kappa shape index (κ3) is 5.31. The van der Waals surface area contributed by atoms with Crippen LogP contribution in [0.4, 0.5) is 0 Å². The van der Waals surface area contributed by atoms with Crippen LogP contribution in [0.3, 0.4) is 0 Å². The SMILES string of the molecule is CCCCCCCCCCc1ccc(O)c(-n2nc3ccc(C)cc3n2)c1. The third-order valence-electron chi connectivity index (χ3n) is 5.11. The molecule has 0 aliphatic heterocycles. The summed E-state index contributed by atoms with van der Waals surface area (Å²) in [6.45, 7) is 4.30. The predicted octanol–water partition coefficient (Wildman–Crippen LogP) is 6.12. The number of benzene rings is 2. The zero-order chi connectivity index (χ0) is 19.1. The second-order valence-corrected chi connectivity index (χ2v) is 7.53. The van der Waals surface area contributed by atoms with Crippen LogP contribution >= 0.6 is 0 Å². The zero-order valence-corrected chi connectivity index (χ0v) is 16.6. The summed E-state index contributed by atoms with van der Waals surface area (Å²) in [6.07, 6.45) is 11.6. The van der Waals surface area contributed by atoms with Crippen LogP contribution in [0.25, 0.3) is 16.7 Å². The molecule has 0 aliphatic carbocycles. The first-order valence-electron chi connectivity index (χ1n) is 10.3. The Kier molecular flexibility index (Phi) is 6.86. The molecule has 0 atom stereocenters. The van der Waals surface area contributed by atoms with E-state index in [4.69, 9.17) is 0 Å². The molecule has 0 spiro atoms. The topological polar surface area (TPSA) is 50.9 Å². The van der Waals surface area contributed by atoms with Gasteiger partial charge in [-0.1, -0.05) is 64.0 Å². The molecule has 1 heterocycles. The lowest BCUT2D eigenvalue weighted by molar-refractivity contribution is 0.467. The second-order valence-electron chi connectivity index (χ2n) is 7.53. The Labute approximate surface area is 162 Å². The van der Waals surface area contributed by atoms with Gasteiger partial charge < -0.3 is 5.11 Å². The Balaban J connectivity index is 1.59. The van der Waals surface area contributed by atoms with Crippen molar-refractivity contribution < 1.29 is 5.11 Å². The van der Waals surface area contributed by atoms with Crippen LogP contribution < -0.4 is 0 Å². The fraction of sp³-hybridized carbons (Fsp3) is 0.478. The fourth-order valence-electron chi connectivity index (χ4n) is 3.48. The molecule has 144 valence electrons. The minimum absolute atomic E-state index is 0.215. The summed E-state index contributed by atoms with van der Waals surface area (Å²) >= 11 is 0. The van der Waals surface area contributed by atoms with E-state index in [0.717, 1.165) is 23.0 Å². The lowest BCUT2D eigenvalue weighted by Gasteiger charge is -2.07. The molecular formula is C23H31N3O. The molecule has 27 heavy (non-hydrogen) atoms. The van der Waals surface area contributed by atoms with E-state index in [1.54, 1.807) is 10.9 Å². The van der Waals surface area contributed by atoms with Crippen molar-refractivity contribution in [3.8, 4) is 11.4 Å². The molecule has 0 bridgehead atoms. The van der Waals surface area contributed by atoms with Crippen molar-refractivity contribution in [2.45, 2.75) is 71.6 Å². The number of phenols is 1. The summed E-state index contributed by atoms with van der Waals surface area (Å²) in [5.74, 6) is 0.215. The lowest BCUT2D eigenvalue weighted by Crippen LogP contribution is -2.00. The van der Waals surface area contributed by atoms with Crippen molar-refractivity contribution in [1.82, 2.24) is 15.0 Å². The summed E-state index contributed by atoms with van der Waals surface area (Å²) in [5, 5.41) is 19.3. The minimum atomic E-state index is 0.215. The number of hydrogen-bond donors (Lipinski definition) is 1. The van der Waals surface area contributed by atoms with Gasteiger partial charge in [0.05, 0.1) is 0 Å². The van der Waals surface area contributed by atoms with E-state index >= 15 is 0 Å². The first kappa shape index (κ1) is 19.4. The predicted molar refractivity (Wildman–Crippen MR) is 112 cm³/mol. The van der Waals surface area contributed by atoms with Gasteiger partial charge >= 0.3 is 0 Å². The molecule has 0 saturated carbocycles. The van der Waals surface area contributed by atoms with Crippen molar-refractivity contribution in [2.75, 3.05) is 0 Å². The average Bonchev–Trinajstić information content (AvgIpc) is 3.08. The maximum atomic E-state index is 10.3. The van der Waals surface area contributed by atoms with E-state index in [0.29, 0.717) is 5.69 Å². The first-order valence-corrected chi connectivity index (χ1v) is 10.3. The standard InChI is InChI=1S/C23H31N3O/c1-3-4-5-6-7-8-9-10-11-19-13-15-23(27)22(17-19)26-24-20-14-12-18(2)16-21(20)25-26/h12-17,27H,3-11H2,1-2H3. The van der Waals surface area contributed by atoms with Gasteiger partial charge in [-0.2, -0.15) is 0 Å². The minimum Gasteiger partial charge on any atom is -0.506 e. The molecule has 3 aromatic rings. The van der Waals surface area contributed by atoms with Crippen LogP contribution in [0.15, 0.2) is 36.4 Å². The van der Waals surface area contributed by atoms with Gasteiger partial charge in [0, 0.05) is 0 Å². The van der Waals surface area contributed by atoms with Gasteiger partial charge in [0.2, 0.25) is 0 Å². The third-order valence-corrected chi connectivity index (χ3v) is 5.11. The molecule has 0 radical (unpaired) electrons. The van der Waals surface area contributed by atoms with Gasteiger partial charge in [0.1, 0.15) is 22.5 Å². The summed E-state index contributed by atoms with van der Waals surface area (Å²) in [6, 6.07) is 11.8. The average molecular weight is 366 g/mol. The van der Waals surface area contributed by atoms with Crippen molar-refractivity contribution in [2.24, 2.45) is 0 Å². The Morgan fingerprint density at radius 3 is 2.30 bits per heavy atom. The number of aromatic nitrogens is 3. The first-order chi connectivity index (χ1) is 13.2. The molecule has 1 aromatic heterocycles. The molecule has 1 N–H and O–H groups in total. The highest BCUT2D eigenvalue weighted by molar-refractivity contribution is 5.74. The Bertz CT molecular complexity index is 869. The number of fused-ring (bicyclic) bond motifs is 1. The van der Waals surface area contributed by atoms with E-state index in [1.165, 1.54) is 56.9 Å². The van der Waals surface area contributed by atoms with Crippen LogP contribution in [-0.2, 0) is 6.42 Å². The van der Waals surface area contributed by atoms with Crippen LogP contribution in [0.2, 0.25) is 0 Å². The van der Waals surface area contributed by atoms with Crippen LogP contribution in [-0.4, -0.2) is 20.1 Å². The van der Waals surface area contributed by atoms with Crippen molar-refractivity contribution >= 4 is 11.0 Å². The number of phenolic OH excluding ortho intramolecular Hbond substituents is 1. The maximum Gasteiger partial charge on any atom is 0.143 e. The molecule has 4 heteroatoms. The van der Waals surface area contributed by atoms with Crippen molar-refractivity contribution in [1.29, 1.82) is 0 Å². The number of unbranched alkanes of at least 4 members (excludes halogenated alkanes) is 7. The monoisotopic (exact) mass is 365 g/mol. The molecule has 0 aliphatic rings. The number of hydrogen-bond acceptors (Lipinski definition) is 3. The van der Waals surface area contributed by atoms with Gasteiger partial charge in [0.15, 0.2) is 0 Å². The van der Waals surface area contributed by atoms with E-state index in [-0.39, 0.29) is 5.75 Å². The van der Waals surface area contributed by atoms with Crippen molar-refractivity contribution in [3.05, 3.63) is 47.5 Å².